The van der Waals surface area contributed by atoms with E-state index in [1.165, 1.54) is 23.8 Å². The highest BCUT2D eigenvalue weighted by Gasteiger charge is 2.33. The fourth-order valence-electron chi connectivity index (χ4n) is 6.67. The first-order valence-corrected chi connectivity index (χ1v) is 17.4. The van der Waals surface area contributed by atoms with E-state index in [0.717, 1.165) is 43.0 Å². The average molecular weight is 747 g/mol. The zero-order chi connectivity index (χ0) is 37.5. The average Bonchev–Trinajstić information content (AvgIpc) is 3.16. The fraction of sp³-hybridized carbons (Fsp3) is 0.410. The van der Waals surface area contributed by atoms with Crippen molar-refractivity contribution in [2.45, 2.75) is 57.4 Å². The number of ketones is 1. The molecule has 2 aliphatic rings. The van der Waals surface area contributed by atoms with E-state index < -0.39 is 0 Å². The number of rotatable bonds is 8. The minimum absolute atomic E-state index is 0. The number of halogens is 1. The maximum Gasteiger partial charge on any atom is 0.219 e. The quantitative estimate of drug-likeness (QED) is 0.260. The van der Waals surface area contributed by atoms with Gasteiger partial charge in [0.05, 0.1) is 32.3 Å². The molecule has 6 rings (SSSR count). The van der Waals surface area contributed by atoms with Crippen LogP contribution in [0.15, 0.2) is 86.0 Å². The number of Topliss-reactive ketones (excluding diaryl/α,β-unsaturated/α-hetero) is 1. The van der Waals surface area contributed by atoms with Crippen molar-refractivity contribution in [2.24, 2.45) is 11.7 Å². The summed E-state index contributed by atoms with van der Waals surface area (Å²) in [5, 5.41) is 0. The number of carbonyl (C=O) groups is 3. The predicted molar refractivity (Wildman–Crippen MR) is 206 cm³/mol. The van der Waals surface area contributed by atoms with Crippen LogP contribution in [0.5, 0.6) is 11.5 Å². The SMILES string of the molecule is COc1ccc(C2CCN(C(C)=O)C[C@H]2CC(=O)Cc2cncnc2)cc1.COc1ccc(C2CCN(C(C)=O)C[C@H]2N)cc1.Cl.Nc1cncnc1. The van der Waals surface area contributed by atoms with Gasteiger partial charge in [0, 0.05) is 77.2 Å². The molecule has 2 amide bonds. The summed E-state index contributed by atoms with van der Waals surface area (Å²) < 4.78 is 10.4. The van der Waals surface area contributed by atoms with Crippen LogP contribution in [0, 0.1) is 5.92 Å². The number of hydrogen-bond acceptors (Lipinski definition) is 11. The molecule has 0 bridgehead atoms. The molecule has 2 aliphatic heterocycles. The van der Waals surface area contributed by atoms with Crippen molar-refractivity contribution in [3.8, 4) is 11.5 Å². The molecule has 13 nitrogen and oxygen atoms in total. The lowest BCUT2D eigenvalue weighted by Crippen LogP contribution is -2.48. The fourth-order valence-corrected chi connectivity index (χ4v) is 6.67. The Morgan fingerprint density at radius 1 is 0.717 bits per heavy atom. The first-order chi connectivity index (χ1) is 25.1. The molecule has 0 saturated carbocycles. The molecule has 2 fully saturated rings. The molecular formula is C39H51ClN8O5. The Bertz CT molecular complexity index is 1700. The van der Waals surface area contributed by atoms with E-state index in [1.807, 2.05) is 34.1 Å². The second-order valence-electron chi connectivity index (χ2n) is 13.0. The zero-order valence-corrected chi connectivity index (χ0v) is 31.7. The van der Waals surface area contributed by atoms with Crippen LogP contribution in [0.25, 0.3) is 0 Å². The standard InChI is InChI=1S/C21H25N3O3.C14H20N2O2.C4H5N3.ClH/c1-15(25)24-8-7-21(17-3-5-20(27-2)6-4-17)18(13-24)10-19(26)9-16-11-22-14-23-12-16;1-10(17)16-8-7-13(14(15)9-16)11-3-5-12(18-2)6-4-11;5-4-1-6-3-7-2-4;/h3-6,11-12,14,18,21H,7-10,13H2,1-2H3;3-6,13-14H,7-9,15H2,1-2H3;1-3H,5H2;1H/t18-,21?;13?,14-;;/m11../s1. The van der Waals surface area contributed by atoms with E-state index >= 15 is 0 Å². The molecule has 4 N–H and O–H groups in total. The number of carbonyl (C=O) groups excluding carboxylic acids is 3. The predicted octanol–water partition coefficient (Wildman–Crippen LogP) is 4.48. The molecule has 53 heavy (non-hydrogen) atoms. The number of nitrogens with zero attached hydrogens (tertiary/aromatic N) is 6. The molecule has 4 aromatic rings. The van der Waals surface area contributed by atoms with E-state index in [-0.39, 0.29) is 47.9 Å². The molecule has 0 radical (unpaired) electrons. The summed E-state index contributed by atoms with van der Waals surface area (Å²) in [5.41, 5.74) is 15.3. The van der Waals surface area contributed by atoms with Gasteiger partial charge in [0.2, 0.25) is 11.8 Å². The van der Waals surface area contributed by atoms with Gasteiger partial charge in [-0.3, -0.25) is 14.4 Å². The third kappa shape index (κ3) is 13.1. The van der Waals surface area contributed by atoms with Gasteiger partial charge in [-0.05, 0) is 65.6 Å². The molecule has 2 saturated heterocycles. The summed E-state index contributed by atoms with van der Waals surface area (Å²) >= 11 is 0. The van der Waals surface area contributed by atoms with Crippen molar-refractivity contribution in [3.63, 3.8) is 0 Å². The monoisotopic (exact) mass is 746 g/mol. The van der Waals surface area contributed by atoms with Crippen LogP contribution < -0.4 is 20.9 Å². The van der Waals surface area contributed by atoms with E-state index in [9.17, 15) is 14.4 Å². The topological polar surface area (TPSA) is 180 Å². The molecule has 4 heterocycles. The second kappa shape index (κ2) is 21.4. The van der Waals surface area contributed by atoms with Gasteiger partial charge in [-0.2, -0.15) is 0 Å². The van der Waals surface area contributed by atoms with Crippen molar-refractivity contribution in [3.05, 3.63) is 103 Å². The molecule has 4 atom stereocenters. The Hall–Kier alpha value is -5.14. The number of hydrogen-bond donors (Lipinski definition) is 2. The molecule has 0 aliphatic carbocycles. The van der Waals surface area contributed by atoms with E-state index in [2.05, 4.69) is 44.2 Å². The Kier molecular flexibility index (Phi) is 17.1. The maximum absolute atomic E-state index is 12.7. The van der Waals surface area contributed by atoms with E-state index in [4.69, 9.17) is 20.9 Å². The van der Waals surface area contributed by atoms with Crippen molar-refractivity contribution >= 4 is 35.7 Å². The van der Waals surface area contributed by atoms with Crippen LogP contribution in [0.3, 0.4) is 0 Å². The van der Waals surface area contributed by atoms with Gasteiger partial charge in [0.15, 0.2) is 0 Å². The lowest BCUT2D eigenvalue weighted by atomic mass is 9.77. The minimum atomic E-state index is 0. The van der Waals surface area contributed by atoms with Gasteiger partial charge in [-0.1, -0.05) is 24.3 Å². The molecular weight excluding hydrogens is 696 g/mol. The van der Waals surface area contributed by atoms with E-state index in [1.54, 1.807) is 52.9 Å². The third-order valence-electron chi connectivity index (χ3n) is 9.46. The number of nitrogens with two attached hydrogens (primary N) is 2. The zero-order valence-electron chi connectivity index (χ0n) is 30.8. The highest BCUT2D eigenvalue weighted by molar-refractivity contribution is 5.85. The van der Waals surface area contributed by atoms with Crippen molar-refractivity contribution < 1.29 is 23.9 Å². The summed E-state index contributed by atoms with van der Waals surface area (Å²) in [6.45, 7) is 5.96. The van der Waals surface area contributed by atoms with Gasteiger partial charge >= 0.3 is 0 Å². The minimum Gasteiger partial charge on any atom is -0.497 e. The summed E-state index contributed by atoms with van der Waals surface area (Å²) in [6, 6.07) is 16.1. The number of piperidine rings is 2. The Labute approximate surface area is 317 Å². The summed E-state index contributed by atoms with van der Waals surface area (Å²) in [5.74, 6) is 2.68. The van der Waals surface area contributed by atoms with Crippen LogP contribution >= 0.6 is 12.4 Å². The van der Waals surface area contributed by atoms with Crippen LogP contribution in [0.2, 0.25) is 0 Å². The largest absolute Gasteiger partial charge is 0.497 e. The third-order valence-corrected chi connectivity index (χ3v) is 9.46. The van der Waals surface area contributed by atoms with Crippen molar-refractivity contribution in [2.75, 3.05) is 46.1 Å². The van der Waals surface area contributed by atoms with Gasteiger partial charge < -0.3 is 30.7 Å². The lowest BCUT2D eigenvalue weighted by Gasteiger charge is -2.38. The van der Waals surface area contributed by atoms with Gasteiger partial charge in [0.25, 0.3) is 0 Å². The summed E-state index contributed by atoms with van der Waals surface area (Å²) in [6.07, 6.45) is 11.9. The number of ether oxygens (including phenoxy) is 2. The number of methoxy groups -OCH3 is 2. The van der Waals surface area contributed by atoms with Gasteiger partial charge in [-0.15, -0.1) is 12.4 Å². The van der Waals surface area contributed by atoms with Crippen LogP contribution in [-0.2, 0) is 20.8 Å². The Morgan fingerprint density at radius 2 is 1.17 bits per heavy atom. The Balaban J connectivity index is 0.000000249. The number of likely N-dealkylation sites (tertiary alicyclic amines) is 2. The summed E-state index contributed by atoms with van der Waals surface area (Å²) in [7, 11) is 3.31. The molecule has 2 unspecified atom stereocenters. The molecule has 0 spiro atoms. The lowest BCUT2D eigenvalue weighted by molar-refractivity contribution is -0.132. The van der Waals surface area contributed by atoms with Crippen molar-refractivity contribution in [1.82, 2.24) is 29.7 Å². The first kappa shape index (κ1) is 42.3. The number of nitrogen functional groups attached to an aromatic ring is 1. The Morgan fingerprint density at radius 3 is 1.60 bits per heavy atom. The second-order valence-corrected chi connectivity index (χ2v) is 13.0. The van der Waals surface area contributed by atoms with Crippen LogP contribution in [0.4, 0.5) is 5.69 Å². The normalized spacial score (nSPS) is 19.2. The molecule has 2 aromatic heterocycles. The number of aromatic nitrogens is 4. The first-order valence-electron chi connectivity index (χ1n) is 17.4. The van der Waals surface area contributed by atoms with E-state index in [0.29, 0.717) is 37.5 Å². The smallest absolute Gasteiger partial charge is 0.219 e. The number of anilines is 1. The highest BCUT2D eigenvalue weighted by atomic mass is 35.5. The number of amides is 2. The summed E-state index contributed by atoms with van der Waals surface area (Å²) in [4.78, 5) is 54.7. The van der Waals surface area contributed by atoms with Gasteiger partial charge in [0.1, 0.15) is 29.9 Å². The van der Waals surface area contributed by atoms with Gasteiger partial charge in [-0.25, -0.2) is 19.9 Å². The van der Waals surface area contributed by atoms with Crippen LogP contribution in [0.1, 0.15) is 61.6 Å². The molecule has 284 valence electrons. The molecule has 14 heteroatoms. The number of benzene rings is 2. The van der Waals surface area contributed by atoms with Crippen molar-refractivity contribution in [1.29, 1.82) is 0 Å². The van der Waals surface area contributed by atoms with Crippen LogP contribution in [-0.4, -0.2) is 93.8 Å². The maximum atomic E-state index is 12.7. The molecule has 2 aromatic carbocycles. The highest BCUT2D eigenvalue weighted by Crippen LogP contribution is 2.36.